The molecule has 0 unspecified atom stereocenters. The Morgan fingerprint density at radius 2 is 0.920 bits per heavy atom. The summed E-state index contributed by atoms with van der Waals surface area (Å²) in [4.78, 5) is 21.6. The first kappa shape index (κ1) is 20.4. The normalized spacial score (nSPS) is 9.72. The lowest BCUT2D eigenvalue weighted by atomic mass is 10.3. The van der Waals surface area contributed by atoms with Gasteiger partial charge in [0.25, 0.3) is 0 Å². The van der Waals surface area contributed by atoms with Gasteiger partial charge in [-0.1, -0.05) is 54.6 Å². The number of benzene rings is 3. The lowest BCUT2D eigenvalue weighted by Gasteiger charge is -2.04. The second-order valence-electron chi connectivity index (χ2n) is 4.78. The van der Waals surface area contributed by atoms with Crippen LogP contribution in [0.2, 0.25) is 0 Å². The van der Waals surface area contributed by atoms with Crippen molar-refractivity contribution in [2.24, 2.45) is 0 Å². The molecule has 132 valence electrons. The van der Waals surface area contributed by atoms with Gasteiger partial charge >= 0.3 is 7.82 Å². The van der Waals surface area contributed by atoms with E-state index in [4.69, 9.17) is 25.0 Å². The van der Waals surface area contributed by atoms with Crippen molar-refractivity contribution in [2.45, 2.75) is 0 Å². The van der Waals surface area contributed by atoms with Crippen molar-refractivity contribution in [3.63, 3.8) is 0 Å². The highest BCUT2D eigenvalue weighted by molar-refractivity contribution is 7.45. The quantitative estimate of drug-likeness (QED) is 0.351. The first-order valence-corrected chi connectivity index (χ1v) is 8.87. The molecule has 6 N–H and O–H groups in total. The van der Waals surface area contributed by atoms with Crippen LogP contribution in [0.1, 0.15) is 0 Å². The van der Waals surface area contributed by atoms with Crippen LogP contribution in [-0.2, 0) is 4.57 Å². The Morgan fingerprint density at radius 3 is 1.16 bits per heavy atom. The van der Waals surface area contributed by atoms with E-state index < -0.39 is 7.82 Å². The predicted molar refractivity (Wildman–Crippen MR) is 101 cm³/mol. The molecule has 0 radical (unpaired) electrons. The van der Waals surface area contributed by atoms with Gasteiger partial charge < -0.3 is 25.7 Å². The monoisotopic (exact) mass is 360 g/mol. The molecule has 3 rings (SSSR count). The van der Waals surface area contributed by atoms with Crippen molar-refractivity contribution in [3.8, 4) is 0 Å². The van der Waals surface area contributed by atoms with Crippen molar-refractivity contribution in [1.82, 2.24) is 0 Å². The standard InChI is InChI=1S/C12H11N.C6H7N.H3O4P/c1-3-7-11(8-4-1)13-12-9-5-2-6-10-12;7-6-4-2-1-3-5-6;1-5(2,3)4/h1-10,13H;1-5H,7H2;(H3,1,2,3,4). The molecule has 0 bridgehead atoms. The van der Waals surface area contributed by atoms with E-state index in [-0.39, 0.29) is 0 Å². The average Bonchev–Trinajstić information content (AvgIpc) is 2.57. The summed E-state index contributed by atoms with van der Waals surface area (Å²) < 4.78 is 8.88. The molecular weight excluding hydrogens is 339 g/mol. The lowest BCUT2D eigenvalue weighted by Crippen LogP contribution is -1.87. The molecule has 0 saturated heterocycles. The minimum atomic E-state index is -4.64. The van der Waals surface area contributed by atoms with E-state index in [0.717, 1.165) is 17.1 Å². The minimum Gasteiger partial charge on any atom is -0.399 e. The smallest absolute Gasteiger partial charge is 0.399 e. The molecule has 0 saturated carbocycles. The second-order valence-corrected chi connectivity index (χ2v) is 5.81. The number of anilines is 3. The number of hydrogen-bond donors (Lipinski definition) is 5. The fourth-order valence-corrected chi connectivity index (χ4v) is 1.66. The molecule has 0 fully saturated rings. The van der Waals surface area contributed by atoms with Gasteiger partial charge in [0.05, 0.1) is 0 Å². The third kappa shape index (κ3) is 12.5. The molecule has 0 amide bonds. The van der Waals surface area contributed by atoms with Gasteiger partial charge in [0, 0.05) is 17.1 Å². The van der Waals surface area contributed by atoms with Gasteiger partial charge in [-0.05, 0) is 36.4 Å². The third-order valence-electron chi connectivity index (χ3n) is 2.64. The van der Waals surface area contributed by atoms with Gasteiger partial charge in [0.15, 0.2) is 0 Å². The number of rotatable bonds is 2. The van der Waals surface area contributed by atoms with Crippen molar-refractivity contribution < 1.29 is 19.2 Å². The van der Waals surface area contributed by atoms with Crippen LogP contribution in [-0.4, -0.2) is 14.7 Å². The van der Waals surface area contributed by atoms with Crippen LogP contribution in [0.25, 0.3) is 0 Å². The Balaban J connectivity index is 0.000000219. The largest absolute Gasteiger partial charge is 0.466 e. The maximum absolute atomic E-state index is 8.88. The summed E-state index contributed by atoms with van der Waals surface area (Å²) in [5.74, 6) is 0. The Hall–Kier alpha value is -2.63. The van der Waals surface area contributed by atoms with Crippen LogP contribution in [0.4, 0.5) is 17.1 Å². The van der Waals surface area contributed by atoms with Crippen LogP contribution in [0.5, 0.6) is 0 Å². The minimum absolute atomic E-state index is 0.822. The molecule has 0 atom stereocenters. The highest BCUT2D eigenvalue weighted by Gasteiger charge is 2.00. The van der Waals surface area contributed by atoms with Crippen LogP contribution >= 0.6 is 7.82 Å². The van der Waals surface area contributed by atoms with Gasteiger partial charge in [-0.3, -0.25) is 0 Å². The topological polar surface area (TPSA) is 116 Å². The molecule has 0 spiro atoms. The van der Waals surface area contributed by atoms with Crippen molar-refractivity contribution in [2.75, 3.05) is 11.1 Å². The number of phosphoric acid groups is 1. The Kier molecular flexibility index (Phi) is 9.00. The van der Waals surface area contributed by atoms with E-state index >= 15 is 0 Å². The van der Waals surface area contributed by atoms with Gasteiger partial charge in [-0.15, -0.1) is 0 Å². The predicted octanol–water partition coefficient (Wildman–Crippen LogP) is 3.77. The molecule has 25 heavy (non-hydrogen) atoms. The molecule has 7 heteroatoms. The third-order valence-corrected chi connectivity index (χ3v) is 2.64. The molecule has 3 aromatic carbocycles. The summed E-state index contributed by atoms with van der Waals surface area (Å²) in [6, 6.07) is 29.8. The Labute approximate surface area is 146 Å². The fourth-order valence-electron chi connectivity index (χ4n) is 1.66. The van der Waals surface area contributed by atoms with Gasteiger partial charge in [0.2, 0.25) is 0 Å². The zero-order valence-electron chi connectivity index (χ0n) is 13.4. The zero-order valence-corrected chi connectivity index (χ0v) is 14.3. The highest BCUT2D eigenvalue weighted by atomic mass is 31.2. The van der Waals surface area contributed by atoms with E-state index in [2.05, 4.69) is 5.32 Å². The fraction of sp³-hybridized carbons (Fsp3) is 0. The molecule has 3 aromatic rings. The van der Waals surface area contributed by atoms with Crippen LogP contribution < -0.4 is 11.1 Å². The summed E-state index contributed by atoms with van der Waals surface area (Å²) in [6.07, 6.45) is 0. The van der Waals surface area contributed by atoms with Gasteiger partial charge in [0.1, 0.15) is 0 Å². The Morgan fingerprint density at radius 1 is 0.640 bits per heavy atom. The van der Waals surface area contributed by atoms with E-state index in [1.54, 1.807) is 0 Å². The van der Waals surface area contributed by atoms with E-state index in [1.807, 2.05) is 91.0 Å². The maximum atomic E-state index is 8.88. The first-order valence-electron chi connectivity index (χ1n) is 7.30. The number of nitrogens with one attached hydrogen (secondary N) is 1. The van der Waals surface area contributed by atoms with E-state index in [0.29, 0.717) is 0 Å². The SMILES string of the molecule is Nc1ccccc1.O=P(O)(O)O.c1ccc(Nc2ccccc2)cc1. The number of nitrogens with two attached hydrogens (primary N) is 1. The first-order chi connectivity index (χ1) is 11.8. The van der Waals surface area contributed by atoms with Crippen molar-refractivity contribution >= 4 is 24.9 Å². The molecule has 0 aliphatic heterocycles. The number of nitrogen functional groups attached to an aromatic ring is 1. The highest BCUT2D eigenvalue weighted by Crippen LogP contribution is 2.25. The van der Waals surface area contributed by atoms with Crippen molar-refractivity contribution in [3.05, 3.63) is 91.0 Å². The number of hydrogen-bond acceptors (Lipinski definition) is 3. The summed E-state index contributed by atoms with van der Waals surface area (Å²) in [5.41, 5.74) is 8.42. The molecule has 0 heterocycles. The van der Waals surface area contributed by atoms with Gasteiger partial charge in [-0.25, -0.2) is 4.57 Å². The van der Waals surface area contributed by atoms with Crippen LogP contribution in [0.3, 0.4) is 0 Å². The summed E-state index contributed by atoms with van der Waals surface area (Å²) in [7, 11) is -4.64. The molecule has 0 aliphatic rings. The maximum Gasteiger partial charge on any atom is 0.466 e. The van der Waals surface area contributed by atoms with Gasteiger partial charge in [-0.2, -0.15) is 0 Å². The Bertz CT molecular complexity index is 704. The van der Waals surface area contributed by atoms with Crippen LogP contribution in [0.15, 0.2) is 91.0 Å². The van der Waals surface area contributed by atoms with E-state index in [9.17, 15) is 0 Å². The molecular formula is C18H21N2O4P. The second kappa shape index (κ2) is 11.0. The summed E-state index contributed by atoms with van der Waals surface area (Å²) >= 11 is 0. The van der Waals surface area contributed by atoms with Crippen LogP contribution in [0, 0.1) is 0 Å². The van der Waals surface area contributed by atoms with E-state index in [1.165, 1.54) is 0 Å². The lowest BCUT2D eigenvalue weighted by molar-refractivity contribution is 0.275. The number of para-hydroxylation sites is 3. The van der Waals surface area contributed by atoms with Crippen molar-refractivity contribution in [1.29, 1.82) is 0 Å². The summed E-state index contributed by atoms with van der Waals surface area (Å²) in [5, 5.41) is 3.30. The summed E-state index contributed by atoms with van der Waals surface area (Å²) in [6.45, 7) is 0. The molecule has 0 aliphatic carbocycles. The average molecular weight is 360 g/mol. The molecule has 0 aromatic heterocycles. The zero-order chi connectivity index (χ0) is 18.5. The molecule has 6 nitrogen and oxygen atoms in total.